The Bertz CT molecular complexity index is 912. The number of carbonyl (C=O) groups is 1. The van der Waals surface area contributed by atoms with Gasteiger partial charge in [-0.1, -0.05) is 6.07 Å². The van der Waals surface area contributed by atoms with E-state index in [9.17, 15) is 14.9 Å². The average molecular weight is 372 g/mol. The van der Waals surface area contributed by atoms with Gasteiger partial charge >= 0.3 is 5.97 Å². The highest BCUT2D eigenvalue weighted by Crippen LogP contribution is 2.34. The molecule has 2 aromatic rings. The van der Waals surface area contributed by atoms with Crippen molar-refractivity contribution in [1.82, 2.24) is 9.55 Å². The zero-order valence-electron chi connectivity index (χ0n) is 14.4. The van der Waals surface area contributed by atoms with Gasteiger partial charge in [-0.2, -0.15) is 5.26 Å². The largest absolute Gasteiger partial charge is 0.459 e. The fourth-order valence-corrected chi connectivity index (χ4v) is 2.87. The molecule has 9 heteroatoms. The molecular weight excluding hydrogens is 356 g/mol. The molecule has 0 aliphatic carbocycles. The number of hydrogen-bond donors (Lipinski definition) is 0. The number of nitro benzene ring substituents is 1. The zero-order chi connectivity index (χ0) is 19.3. The fourth-order valence-electron chi connectivity index (χ4n) is 1.98. The van der Waals surface area contributed by atoms with Crippen LogP contribution < -0.4 is 0 Å². The number of benzene rings is 1. The molecular formula is C17H16N4O4S. The lowest BCUT2D eigenvalue weighted by Gasteiger charge is -2.07. The van der Waals surface area contributed by atoms with Crippen LogP contribution in [0, 0.1) is 21.4 Å². The summed E-state index contributed by atoms with van der Waals surface area (Å²) in [7, 11) is 1.79. The highest BCUT2D eigenvalue weighted by molar-refractivity contribution is 7.99. The molecule has 0 saturated heterocycles. The molecule has 0 aliphatic heterocycles. The van der Waals surface area contributed by atoms with Gasteiger partial charge in [-0.25, -0.2) is 9.78 Å². The smallest absolute Gasteiger partial charge is 0.349 e. The van der Waals surface area contributed by atoms with Gasteiger partial charge < -0.3 is 9.30 Å². The molecule has 26 heavy (non-hydrogen) atoms. The van der Waals surface area contributed by atoms with E-state index in [1.807, 2.05) is 0 Å². The first kappa shape index (κ1) is 19.2. The standard InChI is InChI=1S/C17H16N4O4S/c1-11(2)25-16(22)13(10-18)8-12-4-5-15(14(9-12)21(23)24)26-17-19-6-7-20(17)3/h4-9,11H,1-3H3/b13-8+. The van der Waals surface area contributed by atoms with Crippen molar-refractivity contribution in [3.63, 3.8) is 0 Å². The van der Waals surface area contributed by atoms with Crippen LogP contribution in [0.25, 0.3) is 6.08 Å². The summed E-state index contributed by atoms with van der Waals surface area (Å²) in [4.78, 5) is 27.3. The van der Waals surface area contributed by atoms with Gasteiger partial charge in [0.1, 0.15) is 11.6 Å². The molecule has 0 spiro atoms. The van der Waals surface area contributed by atoms with E-state index in [0.29, 0.717) is 15.6 Å². The summed E-state index contributed by atoms with van der Waals surface area (Å²) >= 11 is 1.16. The van der Waals surface area contributed by atoms with Gasteiger partial charge in [0.15, 0.2) is 5.16 Å². The van der Waals surface area contributed by atoms with Crippen LogP contribution >= 0.6 is 11.8 Å². The van der Waals surface area contributed by atoms with Crippen LogP contribution in [0.1, 0.15) is 19.4 Å². The second-order valence-electron chi connectivity index (χ2n) is 5.53. The first-order chi connectivity index (χ1) is 12.3. The zero-order valence-corrected chi connectivity index (χ0v) is 15.2. The van der Waals surface area contributed by atoms with E-state index in [4.69, 9.17) is 10.00 Å². The molecule has 0 radical (unpaired) electrons. The van der Waals surface area contributed by atoms with Crippen molar-refractivity contribution in [3.05, 3.63) is 51.8 Å². The summed E-state index contributed by atoms with van der Waals surface area (Å²) in [5, 5.41) is 21.2. The predicted octanol–water partition coefficient (Wildman–Crippen LogP) is 3.34. The number of imidazole rings is 1. The number of ether oxygens (including phenoxy) is 1. The maximum Gasteiger partial charge on any atom is 0.349 e. The summed E-state index contributed by atoms with van der Waals surface area (Å²) in [6, 6.07) is 6.23. The van der Waals surface area contributed by atoms with Crippen LogP contribution in [0.3, 0.4) is 0 Å². The maximum atomic E-state index is 11.9. The Morgan fingerprint density at radius 2 is 2.23 bits per heavy atom. The minimum atomic E-state index is -0.767. The Kier molecular flexibility index (Phi) is 6.14. The number of nitriles is 1. The minimum absolute atomic E-state index is 0.138. The average Bonchev–Trinajstić information content (AvgIpc) is 2.97. The molecule has 8 nitrogen and oxygen atoms in total. The first-order valence-corrected chi connectivity index (χ1v) is 8.40. The second kappa shape index (κ2) is 8.31. The fraction of sp³-hybridized carbons (Fsp3) is 0.235. The highest BCUT2D eigenvalue weighted by Gasteiger charge is 2.18. The van der Waals surface area contributed by atoms with Crippen LogP contribution in [-0.2, 0) is 16.6 Å². The molecule has 2 rings (SSSR count). The predicted molar refractivity (Wildman–Crippen MR) is 95.2 cm³/mol. The lowest BCUT2D eigenvalue weighted by Crippen LogP contribution is -2.12. The summed E-state index contributed by atoms with van der Waals surface area (Å²) in [6.07, 6.45) is 4.24. The molecule has 1 aromatic heterocycles. The number of aryl methyl sites for hydroxylation is 1. The van der Waals surface area contributed by atoms with Crippen molar-refractivity contribution in [2.45, 2.75) is 30.0 Å². The SMILES string of the molecule is CC(C)OC(=O)/C(C#N)=C/c1ccc(Sc2nccn2C)c([N+](=O)[O-])c1. The summed E-state index contributed by atoms with van der Waals surface area (Å²) < 4.78 is 6.73. The monoisotopic (exact) mass is 372 g/mol. The van der Waals surface area contributed by atoms with Crippen molar-refractivity contribution < 1.29 is 14.5 Å². The van der Waals surface area contributed by atoms with Crippen LogP contribution in [0.15, 0.2) is 46.2 Å². The molecule has 0 unspecified atom stereocenters. The van der Waals surface area contributed by atoms with Crippen molar-refractivity contribution >= 4 is 29.5 Å². The maximum absolute atomic E-state index is 11.9. The van der Waals surface area contributed by atoms with E-state index in [1.54, 1.807) is 56.1 Å². The van der Waals surface area contributed by atoms with Crippen molar-refractivity contribution in [1.29, 1.82) is 5.26 Å². The van der Waals surface area contributed by atoms with Gasteiger partial charge in [-0.05, 0) is 43.3 Å². The first-order valence-electron chi connectivity index (χ1n) is 7.58. The van der Waals surface area contributed by atoms with Crippen LogP contribution in [0.4, 0.5) is 5.69 Å². The lowest BCUT2D eigenvalue weighted by atomic mass is 10.1. The van der Waals surface area contributed by atoms with Gasteiger partial charge in [0.25, 0.3) is 5.69 Å². The summed E-state index contributed by atoms with van der Waals surface area (Å²) in [5.74, 6) is -0.767. The molecule has 0 amide bonds. The number of nitrogens with zero attached hydrogens (tertiary/aromatic N) is 4. The Labute approximate surface area is 154 Å². The van der Waals surface area contributed by atoms with E-state index in [0.717, 1.165) is 11.8 Å². The van der Waals surface area contributed by atoms with Gasteiger partial charge in [0, 0.05) is 25.5 Å². The Morgan fingerprint density at radius 3 is 2.77 bits per heavy atom. The van der Waals surface area contributed by atoms with E-state index in [-0.39, 0.29) is 17.4 Å². The van der Waals surface area contributed by atoms with E-state index >= 15 is 0 Å². The number of hydrogen-bond acceptors (Lipinski definition) is 7. The van der Waals surface area contributed by atoms with E-state index in [2.05, 4.69) is 4.98 Å². The lowest BCUT2D eigenvalue weighted by molar-refractivity contribution is -0.387. The third-order valence-electron chi connectivity index (χ3n) is 3.15. The number of aromatic nitrogens is 2. The third kappa shape index (κ3) is 4.70. The molecule has 0 saturated carbocycles. The normalized spacial score (nSPS) is 11.3. The Morgan fingerprint density at radius 1 is 1.50 bits per heavy atom. The summed E-state index contributed by atoms with van der Waals surface area (Å²) in [6.45, 7) is 3.34. The third-order valence-corrected chi connectivity index (χ3v) is 4.29. The second-order valence-corrected chi connectivity index (χ2v) is 6.54. The van der Waals surface area contributed by atoms with E-state index < -0.39 is 10.9 Å². The molecule has 1 aromatic carbocycles. The molecule has 0 N–H and O–H groups in total. The van der Waals surface area contributed by atoms with Gasteiger partial charge in [0.05, 0.1) is 15.9 Å². The van der Waals surface area contributed by atoms with Gasteiger partial charge in [0.2, 0.25) is 0 Å². The van der Waals surface area contributed by atoms with Crippen LogP contribution in [0.5, 0.6) is 0 Å². The highest BCUT2D eigenvalue weighted by atomic mass is 32.2. The topological polar surface area (TPSA) is 111 Å². The molecule has 134 valence electrons. The van der Waals surface area contributed by atoms with Crippen molar-refractivity contribution in [2.24, 2.45) is 7.05 Å². The summed E-state index contributed by atoms with van der Waals surface area (Å²) in [5.41, 5.74) is -0.00286. The molecule has 0 aliphatic rings. The minimum Gasteiger partial charge on any atom is -0.459 e. The quantitative estimate of drug-likeness (QED) is 0.251. The van der Waals surface area contributed by atoms with Crippen LogP contribution in [0.2, 0.25) is 0 Å². The number of nitro groups is 1. The van der Waals surface area contributed by atoms with Crippen molar-refractivity contribution in [3.8, 4) is 6.07 Å². The van der Waals surface area contributed by atoms with Crippen LogP contribution in [-0.4, -0.2) is 26.5 Å². The molecule has 1 heterocycles. The Hall–Kier alpha value is -3.12. The Balaban J connectivity index is 2.37. The molecule has 0 bridgehead atoms. The van der Waals surface area contributed by atoms with Gasteiger partial charge in [-0.15, -0.1) is 0 Å². The molecule has 0 atom stereocenters. The van der Waals surface area contributed by atoms with Crippen molar-refractivity contribution in [2.75, 3.05) is 0 Å². The molecule has 0 fully saturated rings. The van der Waals surface area contributed by atoms with E-state index in [1.165, 1.54) is 12.1 Å². The number of rotatable bonds is 6. The van der Waals surface area contributed by atoms with Gasteiger partial charge in [-0.3, -0.25) is 10.1 Å². The number of esters is 1. The number of carbonyl (C=O) groups excluding carboxylic acids is 1.